The third-order valence-electron chi connectivity index (χ3n) is 3.74. The lowest BCUT2D eigenvalue weighted by molar-refractivity contribution is 0.413. The van der Waals surface area contributed by atoms with Crippen molar-refractivity contribution in [3.05, 3.63) is 48.5 Å². The van der Waals surface area contributed by atoms with Crippen molar-refractivity contribution in [3.8, 4) is 16.9 Å². The normalized spacial score (nSPS) is 15.2. The van der Waals surface area contributed by atoms with E-state index < -0.39 is 0 Å². The zero-order valence-corrected chi connectivity index (χ0v) is 11.8. The molecule has 0 unspecified atom stereocenters. The molecule has 2 aromatic rings. The molecule has 1 aliphatic heterocycles. The van der Waals surface area contributed by atoms with Gasteiger partial charge < -0.3 is 15.0 Å². The number of hydrogen-bond donors (Lipinski definition) is 1. The highest BCUT2D eigenvalue weighted by Crippen LogP contribution is 2.33. The van der Waals surface area contributed by atoms with E-state index in [0.717, 1.165) is 31.9 Å². The Morgan fingerprint density at radius 1 is 0.950 bits per heavy atom. The van der Waals surface area contributed by atoms with Crippen molar-refractivity contribution in [2.24, 2.45) is 0 Å². The number of nitrogens with zero attached hydrogens (tertiary/aromatic N) is 1. The first kappa shape index (κ1) is 13.0. The number of piperazine rings is 1. The van der Waals surface area contributed by atoms with Crippen molar-refractivity contribution in [2.75, 3.05) is 38.2 Å². The number of rotatable bonds is 3. The molecule has 104 valence electrons. The minimum absolute atomic E-state index is 0.952. The summed E-state index contributed by atoms with van der Waals surface area (Å²) in [5, 5.41) is 3.38. The van der Waals surface area contributed by atoms with Gasteiger partial charge in [-0.25, -0.2) is 0 Å². The lowest BCUT2D eigenvalue weighted by Gasteiger charge is -2.30. The van der Waals surface area contributed by atoms with Crippen molar-refractivity contribution >= 4 is 5.69 Å². The fourth-order valence-electron chi connectivity index (χ4n) is 2.65. The van der Waals surface area contributed by atoms with Crippen molar-refractivity contribution in [1.29, 1.82) is 0 Å². The van der Waals surface area contributed by atoms with E-state index in [1.807, 2.05) is 6.07 Å². The molecule has 1 N–H and O–H groups in total. The average molecular weight is 268 g/mol. The van der Waals surface area contributed by atoms with Crippen LogP contribution >= 0.6 is 0 Å². The summed E-state index contributed by atoms with van der Waals surface area (Å²) in [5.41, 5.74) is 3.60. The van der Waals surface area contributed by atoms with E-state index in [-0.39, 0.29) is 0 Å². The lowest BCUT2D eigenvalue weighted by Crippen LogP contribution is -2.43. The average Bonchev–Trinajstić information content (AvgIpc) is 2.56. The third-order valence-corrected chi connectivity index (χ3v) is 3.74. The molecule has 1 fully saturated rings. The Balaban J connectivity index is 1.93. The molecule has 0 aliphatic carbocycles. The van der Waals surface area contributed by atoms with Gasteiger partial charge in [-0.3, -0.25) is 0 Å². The number of benzene rings is 2. The van der Waals surface area contributed by atoms with Gasteiger partial charge in [0.1, 0.15) is 5.75 Å². The maximum absolute atomic E-state index is 5.60. The summed E-state index contributed by atoms with van der Waals surface area (Å²) in [5.74, 6) is 0.952. The van der Waals surface area contributed by atoms with E-state index in [1.165, 1.54) is 16.8 Å². The van der Waals surface area contributed by atoms with Crippen LogP contribution in [0.5, 0.6) is 5.75 Å². The van der Waals surface area contributed by atoms with Crippen LogP contribution < -0.4 is 15.0 Å². The van der Waals surface area contributed by atoms with Crippen LogP contribution in [0.3, 0.4) is 0 Å². The number of anilines is 1. The van der Waals surface area contributed by atoms with Crippen LogP contribution in [-0.4, -0.2) is 33.3 Å². The SMILES string of the molecule is COc1cc(-c2ccccc2)ccc1N1CCNCC1. The molecule has 0 radical (unpaired) electrons. The first-order valence-electron chi connectivity index (χ1n) is 7.07. The zero-order chi connectivity index (χ0) is 13.8. The molecule has 0 spiro atoms. The molecule has 0 bridgehead atoms. The molecular weight excluding hydrogens is 248 g/mol. The van der Waals surface area contributed by atoms with Crippen LogP contribution in [0.2, 0.25) is 0 Å². The molecule has 0 saturated carbocycles. The fraction of sp³-hybridized carbons (Fsp3) is 0.294. The molecular formula is C17H20N2O. The zero-order valence-electron chi connectivity index (χ0n) is 11.8. The Hall–Kier alpha value is -2.00. The van der Waals surface area contributed by atoms with Gasteiger partial charge in [-0.2, -0.15) is 0 Å². The topological polar surface area (TPSA) is 24.5 Å². The number of hydrogen-bond acceptors (Lipinski definition) is 3. The Bertz CT molecular complexity index is 562. The van der Waals surface area contributed by atoms with Gasteiger partial charge in [-0.1, -0.05) is 36.4 Å². The minimum atomic E-state index is 0.952. The smallest absolute Gasteiger partial charge is 0.142 e. The Kier molecular flexibility index (Phi) is 3.88. The molecule has 0 amide bonds. The molecule has 2 aromatic carbocycles. The molecule has 1 heterocycles. The first-order chi connectivity index (χ1) is 9.88. The van der Waals surface area contributed by atoms with Crippen molar-refractivity contribution in [3.63, 3.8) is 0 Å². The largest absolute Gasteiger partial charge is 0.495 e. The Labute approximate surface area is 120 Å². The fourth-order valence-corrected chi connectivity index (χ4v) is 2.65. The van der Waals surface area contributed by atoms with Gasteiger partial charge in [-0.05, 0) is 23.3 Å². The van der Waals surface area contributed by atoms with E-state index >= 15 is 0 Å². The predicted octanol–water partition coefficient (Wildman–Crippen LogP) is 2.77. The molecule has 0 aromatic heterocycles. The van der Waals surface area contributed by atoms with Crippen LogP contribution in [0.4, 0.5) is 5.69 Å². The summed E-state index contributed by atoms with van der Waals surface area (Å²) in [6.07, 6.45) is 0. The summed E-state index contributed by atoms with van der Waals surface area (Å²) in [6.45, 7) is 4.12. The maximum Gasteiger partial charge on any atom is 0.142 e. The maximum atomic E-state index is 5.60. The Morgan fingerprint density at radius 2 is 1.70 bits per heavy atom. The van der Waals surface area contributed by atoms with Gasteiger partial charge in [0.15, 0.2) is 0 Å². The highest BCUT2D eigenvalue weighted by Gasteiger charge is 2.15. The highest BCUT2D eigenvalue weighted by atomic mass is 16.5. The highest BCUT2D eigenvalue weighted by molar-refractivity contribution is 5.71. The van der Waals surface area contributed by atoms with Crippen molar-refractivity contribution in [1.82, 2.24) is 5.32 Å². The lowest BCUT2D eigenvalue weighted by atomic mass is 10.0. The number of ether oxygens (including phenoxy) is 1. The van der Waals surface area contributed by atoms with Crippen LogP contribution in [0.15, 0.2) is 48.5 Å². The minimum Gasteiger partial charge on any atom is -0.495 e. The monoisotopic (exact) mass is 268 g/mol. The summed E-state index contributed by atoms with van der Waals surface area (Å²) in [6, 6.07) is 16.9. The summed E-state index contributed by atoms with van der Waals surface area (Å²) in [7, 11) is 1.75. The van der Waals surface area contributed by atoms with Gasteiger partial charge in [-0.15, -0.1) is 0 Å². The summed E-state index contributed by atoms with van der Waals surface area (Å²) in [4.78, 5) is 2.38. The number of nitrogens with one attached hydrogen (secondary N) is 1. The van der Waals surface area contributed by atoms with Crippen LogP contribution in [0, 0.1) is 0 Å². The predicted molar refractivity (Wildman–Crippen MR) is 83.5 cm³/mol. The molecule has 3 heteroatoms. The van der Waals surface area contributed by atoms with E-state index in [2.05, 4.69) is 52.7 Å². The van der Waals surface area contributed by atoms with Gasteiger partial charge in [0.05, 0.1) is 12.8 Å². The van der Waals surface area contributed by atoms with E-state index in [0.29, 0.717) is 0 Å². The second-order valence-corrected chi connectivity index (χ2v) is 4.99. The van der Waals surface area contributed by atoms with Crippen LogP contribution in [0.1, 0.15) is 0 Å². The van der Waals surface area contributed by atoms with Gasteiger partial charge in [0, 0.05) is 26.2 Å². The van der Waals surface area contributed by atoms with E-state index in [4.69, 9.17) is 4.74 Å². The molecule has 20 heavy (non-hydrogen) atoms. The molecule has 0 atom stereocenters. The molecule has 1 saturated heterocycles. The second kappa shape index (κ2) is 5.97. The first-order valence-corrected chi connectivity index (χ1v) is 7.07. The number of methoxy groups -OCH3 is 1. The standard InChI is InChI=1S/C17H20N2O/c1-20-17-13-15(14-5-3-2-4-6-14)7-8-16(17)19-11-9-18-10-12-19/h2-8,13,18H,9-12H2,1H3. The molecule has 1 aliphatic rings. The van der Waals surface area contributed by atoms with Crippen molar-refractivity contribution in [2.45, 2.75) is 0 Å². The van der Waals surface area contributed by atoms with Gasteiger partial charge >= 0.3 is 0 Å². The van der Waals surface area contributed by atoms with Gasteiger partial charge in [0.25, 0.3) is 0 Å². The van der Waals surface area contributed by atoms with Crippen LogP contribution in [-0.2, 0) is 0 Å². The summed E-state index contributed by atoms with van der Waals surface area (Å²) >= 11 is 0. The van der Waals surface area contributed by atoms with Gasteiger partial charge in [0.2, 0.25) is 0 Å². The quantitative estimate of drug-likeness (QED) is 0.926. The molecule has 3 rings (SSSR count). The van der Waals surface area contributed by atoms with Crippen molar-refractivity contribution < 1.29 is 4.74 Å². The van der Waals surface area contributed by atoms with E-state index in [9.17, 15) is 0 Å². The Morgan fingerprint density at radius 3 is 2.40 bits per heavy atom. The summed E-state index contributed by atoms with van der Waals surface area (Å²) < 4.78 is 5.60. The van der Waals surface area contributed by atoms with E-state index in [1.54, 1.807) is 7.11 Å². The molecule has 3 nitrogen and oxygen atoms in total. The van der Waals surface area contributed by atoms with Crippen LogP contribution in [0.25, 0.3) is 11.1 Å². The third kappa shape index (κ3) is 2.63. The second-order valence-electron chi connectivity index (χ2n) is 4.99.